The molecule has 1 amide bonds. The molecule has 3 aromatic heterocycles. The second-order valence-electron chi connectivity index (χ2n) is 4.29. The molecule has 3 rings (SSSR count). The molecule has 0 atom stereocenters. The van der Waals surface area contributed by atoms with Crippen LogP contribution in [0.5, 0.6) is 11.9 Å². The topological polar surface area (TPSA) is 99.4 Å². The van der Waals surface area contributed by atoms with Gasteiger partial charge in [0.15, 0.2) is 11.5 Å². The quantitative estimate of drug-likeness (QED) is 0.766. The summed E-state index contributed by atoms with van der Waals surface area (Å²) in [6, 6.07) is 5.48. The molecule has 23 heavy (non-hydrogen) atoms. The summed E-state index contributed by atoms with van der Waals surface area (Å²) in [4.78, 5) is 21.1. The van der Waals surface area contributed by atoms with Gasteiger partial charge in [-0.25, -0.2) is 4.98 Å². The van der Waals surface area contributed by atoms with Crippen LogP contribution < -0.4 is 14.8 Å². The molecule has 0 saturated carbocycles. The summed E-state index contributed by atoms with van der Waals surface area (Å²) in [5.41, 5.74) is 0.449. The number of carbonyl (C=O) groups is 1. The van der Waals surface area contributed by atoms with Gasteiger partial charge in [-0.3, -0.25) is 4.79 Å². The van der Waals surface area contributed by atoms with Crippen molar-refractivity contribution in [3.8, 4) is 22.5 Å². The van der Waals surface area contributed by atoms with Crippen molar-refractivity contribution in [2.75, 3.05) is 19.5 Å². The van der Waals surface area contributed by atoms with Gasteiger partial charge in [-0.2, -0.15) is 4.98 Å². The fourth-order valence-electron chi connectivity index (χ4n) is 1.79. The SMILES string of the molecule is COc1ncc(NC(=O)c2cc(-c3cccs3)on2)c(OC)n1. The molecule has 3 aromatic rings. The zero-order valence-corrected chi connectivity index (χ0v) is 13.1. The number of ether oxygens (including phenoxy) is 2. The molecule has 0 bridgehead atoms. The lowest BCUT2D eigenvalue weighted by atomic mass is 10.3. The number of anilines is 1. The number of amides is 1. The Kier molecular flexibility index (Phi) is 4.20. The van der Waals surface area contributed by atoms with E-state index in [1.54, 1.807) is 6.07 Å². The molecule has 0 aliphatic carbocycles. The van der Waals surface area contributed by atoms with Crippen LogP contribution >= 0.6 is 11.3 Å². The van der Waals surface area contributed by atoms with E-state index < -0.39 is 5.91 Å². The van der Waals surface area contributed by atoms with Gasteiger partial charge in [0.2, 0.25) is 5.88 Å². The van der Waals surface area contributed by atoms with E-state index in [0.29, 0.717) is 11.4 Å². The van der Waals surface area contributed by atoms with Crippen LogP contribution in [-0.2, 0) is 0 Å². The molecular weight excluding hydrogens is 320 g/mol. The zero-order chi connectivity index (χ0) is 16.2. The van der Waals surface area contributed by atoms with E-state index in [1.807, 2.05) is 17.5 Å². The third kappa shape index (κ3) is 3.14. The first-order chi connectivity index (χ1) is 11.2. The van der Waals surface area contributed by atoms with Gasteiger partial charge in [0.05, 0.1) is 25.3 Å². The molecule has 0 unspecified atom stereocenters. The van der Waals surface area contributed by atoms with Crippen molar-refractivity contribution in [3.05, 3.63) is 35.5 Å². The summed E-state index contributed by atoms with van der Waals surface area (Å²) in [6.45, 7) is 0. The van der Waals surface area contributed by atoms with E-state index in [-0.39, 0.29) is 17.6 Å². The highest BCUT2D eigenvalue weighted by Gasteiger charge is 2.17. The highest BCUT2D eigenvalue weighted by Crippen LogP contribution is 2.26. The van der Waals surface area contributed by atoms with Gasteiger partial charge in [-0.05, 0) is 11.4 Å². The van der Waals surface area contributed by atoms with E-state index in [1.165, 1.54) is 31.8 Å². The van der Waals surface area contributed by atoms with E-state index >= 15 is 0 Å². The van der Waals surface area contributed by atoms with Crippen molar-refractivity contribution in [2.45, 2.75) is 0 Å². The first-order valence-electron chi connectivity index (χ1n) is 6.48. The molecule has 0 radical (unpaired) electrons. The minimum absolute atomic E-state index is 0.140. The van der Waals surface area contributed by atoms with Crippen LogP contribution in [0.15, 0.2) is 34.3 Å². The molecule has 0 fully saturated rings. The Hall–Kier alpha value is -2.94. The van der Waals surface area contributed by atoms with Crippen molar-refractivity contribution >= 4 is 22.9 Å². The van der Waals surface area contributed by atoms with Gasteiger partial charge in [0.1, 0.15) is 5.69 Å². The predicted molar refractivity (Wildman–Crippen MR) is 82.9 cm³/mol. The Bertz CT molecular complexity index is 816. The van der Waals surface area contributed by atoms with Crippen molar-refractivity contribution < 1.29 is 18.8 Å². The Morgan fingerprint density at radius 2 is 2.22 bits per heavy atom. The number of nitrogens with zero attached hydrogens (tertiary/aromatic N) is 3. The van der Waals surface area contributed by atoms with Crippen molar-refractivity contribution in [1.82, 2.24) is 15.1 Å². The lowest BCUT2D eigenvalue weighted by molar-refractivity contribution is 0.101. The number of hydrogen-bond donors (Lipinski definition) is 1. The molecule has 8 nitrogen and oxygen atoms in total. The summed E-state index contributed by atoms with van der Waals surface area (Å²) < 4.78 is 15.2. The van der Waals surface area contributed by atoms with Crippen LogP contribution in [0.1, 0.15) is 10.5 Å². The highest BCUT2D eigenvalue weighted by atomic mass is 32.1. The molecule has 0 aromatic carbocycles. The highest BCUT2D eigenvalue weighted by molar-refractivity contribution is 7.13. The molecular formula is C14H12N4O4S. The van der Waals surface area contributed by atoms with E-state index in [4.69, 9.17) is 14.0 Å². The van der Waals surface area contributed by atoms with Crippen LogP contribution in [0.3, 0.4) is 0 Å². The average Bonchev–Trinajstić information content (AvgIpc) is 3.26. The van der Waals surface area contributed by atoms with E-state index in [0.717, 1.165) is 4.88 Å². The molecule has 1 N–H and O–H groups in total. The zero-order valence-electron chi connectivity index (χ0n) is 12.3. The maximum Gasteiger partial charge on any atom is 0.319 e. The summed E-state index contributed by atoms with van der Waals surface area (Å²) in [7, 11) is 2.87. The molecule has 118 valence electrons. The Morgan fingerprint density at radius 3 is 2.91 bits per heavy atom. The Balaban J connectivity index is 1.79. The number of nitrogens with one attached hydrogen (secondary N) is 1. The molecule has 0 spiro atoms. The van der Waals surface area contributed by atoms with Crippen molar-refractivity contribution in [3.63, 3.8) is 0 Å². The number of hydrogen-bond acceptors (Lipinski definition) is 8. The van der Waals surface area contributed by atoms with Gasteiger partial charge in [0, 0.05) is 6.07 Å². The summed E-state index contributed by atoms with van der Waals surface area (Å²) in [5, 5.41) is 8.31. The number of rotatable bonds is 5. The van der Waals surface area contributed by atoms with Gasteiger partial charge < -0.3 is 19.3 Å². The largest absolute Gasteiger partial charge is 0.479 e. The standard InChI is InChI=1S/C14H12N4O4S/c1-20-13-9(7-15-14(17-13)21-2)16-12(19)8-6-10(22-18-8)11-4-3-5-23-11/h3-7H,1-2H3,(H,16,19). The van der Waals surface area contributed by atoms with Crippen LogP contribution in [-0.4, -0.2) is 35.3 Å². The molecule has 3 heterocycles. The fourth-order valence-corrected chi connectivity index (χ4v) is 2.47. The van der Waals surface area contributed by atoms with Gasteiger partial charge in [0.25, 0.3) is 5.91 Å². The second kappa shape index (κ2) is 6.44. The van der Waals surface area contributed by atoms with Crippen LogP contribution in [0, 0.1) is 0 Å². The van der Waals surface area contributed by atoms with Gasteiger partial charge >= 0.3 is 6.01 Å². The summed E-state index contributed by atoms with van der Waals surface area (Å²) >= 11 is 1.50. The Labute approximate surface area is 135 Å². The number of aromatic nitrogens is 3. The van der Waals surface area contributed by atoms with Crippen LogP contribution in [0.4, 0.5) is 5.69 Å². The van der Waals surface area contributed by atoms with E-state index in [2.05, 4.69) is 20.4 Å². The molecule has 0 aliphatic heterocycles. The lowest BCUT2D eigenvalue weighted by Gasteiger charge is -2.08. The normalized spacial score (nSPS) is 10.3. The second-order valence-corrected chi connectivity index (χ2v) is 5.24. The Morgan fingerprint density at radius 1 is 1.35 bits per heavy atom. The molecule has 0 saturated heterocycles. The van der Waals surface area contributed by atoms with Gasteiger partial charge in [-0.15, -0.1) is 11.3 Å². The molecule has 9 heteroatoms. The maximum absolute atomic E-state index is 12.2. The van der Waals surface area contributed by atoms with Crippen LogP contribution in [0.25, 0.3) is 10.6 Å². The third-order valence-corrected chi connectivity index (χ3v) is 3.75. The monoisotopic (exact) mass is 332 g/mol. The minimum Gasteiger partial charge on any atom is -0.479 e. The third-order valence-electron chi connectivity index (χ3n) is 2.86. The smallest absolute Gasteiger partial charge is 0.319 e. The first-order valence-corrected chi connectivity index (χ1v) is 7.36. The van der Waals surface area contributed by atoms with Crippen molar-refractivity contribution in [1.29, 1.82) is 0 Å². The van der Waals surface area contributed by atoms with Crippen molar-refractivity contribution in [2.24, 2.45) is 0 Å². The predicted octanol–water partition coefficient (Wildman–Crippen LogP) is 2.46. The van der Waals surface area contributed by atoms with E-state index in [9.17, 15) is 4.79 Å². The fraction of sp³-hybridized carbons (Fsp3) is 0.143. The van der Waals surface area contributed by atoms with Crippen LogP contribution in [0.2, 0.25) is 0 Å². The summed E-state index contributed by atoms with van der Waals surface area (Å²) in [6.07, 6.45) is 1.39. The molecule has 0 aliphatic rings. The first kappa shape index (κ1) is 15.0. The number of carbonyl (C=O) groups excluding carboxylic acids is 1. The number of thiophene rings is 1. The lowest BCUT2D eigenvalue weighted by Crippen LogP contribution is -2.14. The summed E-state index contributed by atoms with van der Waals surface area (Å²) in [5.74, 6) is 0.263. The average molecular weight is 332 g/mol. The van der Waals surface area contributed by atoms with Gasteiger partial charge in [-0.1, -0.05) is 11.2 Å². The number of methoxy groups -OCH3 is 2. The maximum atomic E-state index is 12.2. The minimum atomic E-state index is -0.455.